The minimum atomic E-state index is -3.44. The first kappa shape index (κ1) is 24.0. The van der Waals surface area contributed by atoms with Crippen LogP contribution >= 0.6 is 0 Å². The van der Waals surface area contributed by atoms with E-state index in [1.54, 1.807) is 24.3 Å². The van der Waals surface area contributed by atoms with Gasteiger partial charge < -0.3 is 15.5 Å². The first-order valence-electron chi connectivity index (χ1n) is 12.3. The molecule has 0 atom stereocenters. The zero-order chi connectivity index (χ0) is 23.3. The van der Waals surface area contributed by atoms with E-state index in [1.165, 1.54) is 19.3 Å². The van der Waals surface area contributed by atoms with Crippen molar-refractivity contribution >= 4 is 22.0 Å². The van der Waals surface area contributed by atoms with Crippen LogP contribution in [-0.2, 0) is 21.2 Å². The lowest BCUT2D eigenvalue weighted by Gasteiger charge is -2.33. The SMILES string of the molecule is O=C(NC1CCCCC1)NC1CCN(C(=O)CCc2ccc(S(=O)(=O)NC3CC3)cc2)CC1. The van der Waals surface area contributed by atoms with Crippen molar-refractivity contribution in [3.05, 3.63) is 29.8 Å². The summed E-state index contributed by atoms with van der Waals surface area (Å²) in [6.07, 6.45) is 10.1. The summed E-state index contributed by atoms with van der Waals surface area (Å²) in [5.74, 6) is 0.104. The van der Waals surface area contributed by atoms with Crippen LogP contribution in [-0.4, -0.2) is 56.5 Å². The summed E-state index contributed by atoms with van der Waals surface area (Å²) >= 11 is 0. The second-order valence-electron chi connectivity index (χ2n) is 9.65. The Morgan fingerprint density at radius 3 is 2.03 bits per heavy atom. The topological polar surface area (TPSA) is 108 Å². The molecule has 3 fully saturated rings. The lowest BCUT2D eigenvalue weighted by atomic mass is 9.96. The molecule has 1 aliphatic heterocycles. The number of piperidine rings is 1. The van der Waals surface area contributed by atoms with Crippen LogP contribution in [0.15, 0.2) is 29.2 Å². The number of carbonyl (C=O) groups excluding carboxylic acids is 2. The molecule has 1 heterocycles. The number of rotatable bonds is 8. The van der Waals surface area contributed by atoms with E-state index in [0.717, 1.165) is 44.1 Å². The molecule has 1 aromatic carbocycles. The second-order valence-corrected chi connectivity index (χ2v) is 11.4. The number of carbonyl (C=O) groups is 2. The molecule has 0 spiro atoms. The normalized spacial score (nSPS) is 20.4. The highest BCUT2D eigenvalue weighted by Crippen LogP contribution is 2.22. The van der Waals surface area contributed by atoms with Gasteiger partial charge in [-0.1, -0.05) is 31.4 Å². The molecule has 3 aliphatic rings. The lowest BCUT2D eigenvalue weighted by Crippen LogP contribution is -2.51. The summed E-state index contributed by atoms with van der Waals surface area (Å²) in [7, 11) is -3.44. The van der Waals surface area contributed by atoms with Crippen LogP contribution in [0.4, 0.5) is 4.79 Å². The Morgan fingerprint density at radius 1 is 0.818 bits per heavy atom. The quantitative estimate of drug-likeness (QED) is 0.536. The number of likely N-dealkylation sites (tertiary alicyclic amines) is 1. The van der Waals surface area contributed by atoms with Gasteiger partial charge in [0.15, 0.2) is 0 Å². The Balaban J connectivity index is 1.16. The van der Waals surface area contributed by atoms with Gasteiger partial charge in [0.2, 0.25) is 15.9 Å². The highest BCUT2D eigenvalue weighted by Gasteiger charge is 2.28. The number of urea groups is 1. The summed E-state index contributed by atoms with van der Waals surface area (Å²) in [5, 5.41) is 6.17. The maximum absolute atomic E-state index is 12.6. The van der Waals surface area contributed by atoms with Gasteiger partial charge in [-0.3, -0.25) is 4.79 Å². The second kappa shape index (κ2) is 10.9. The van der Waals surface area contributed by atoms with E-state index in [2.05, 4.69) is 15.4 Å². The minimum absolute atomic E-state index is 0.0792. The van der Waals surface area contributed by atoms with Crippen LogP contribution in [0.2, 0.25) is 0 Å². The van der Waals surface area contributed by atoms with E-state index in [9.17, 15) is 18.0 Å². The number of nitrogens with zero attached hydrogens (tertiary/aromatic N) is 1. The van der Waals surface area contributed by atoms with Crippen LogP contribution in [0.3, 0.4) is 0 Å². The fraction of sp³-hybridized carbons (Fsp3) is 0.667. The molecular weight excluding hydrogens is 440 g/mol. The van der Waals surface area contributed by atoms with Crippen molar-refractivity contribution in [2.24, 2.45) is 0 Å². The summed E-state index contributed by atoms with van der Waals surface area (Å²) in [6.45, 7) is 1.30. The van der Waals surface area contributed by atoms with Gasteiger partial charge in [0.05, 0.1) is 4.90 Å². The van der Waals surface area contributed by atoms with Crippen LogP contribution in [0.1, 0.15) is 69.8 Å². The first-order valence-corrected chi connectivity index (χ1v) is 13.8. The minimum Gasteiger partial charge on any atom is -0.343 e. The summed E-state index contributed by atoms with van der Waals surface area (Å²) in [5.41, 5.74) is 0.949. The third kappa shape index (κ3) is 7.17. The average molecular weight is 477 g/mol. The number of amides is 3. The van der Waals surface area contributed by atoms with Crippen LogP contribution in [0.5, 0.6) is 0 Å². The van der Waals surface area contributed by atoms with Crippen LogP contribution < -0.4 is 15.4 Å². The molecule has 33 heavy (non-hydrogen) atoms. The van der Waals surface area contributed by atoms with Crippen LogP contribution in [0, 0.1) is 0 Å². The molecule has 3 N–H and O–H groups in total. The van der Waals surface area contributed by atoms with Gasteiger partial charge in [-0.25, -0.2) is 17.9 Å². The smallest absolute Gasteiger partial charge is 0.315 e. The van der Waals surface area contributed by atoms with Gasteiger partial charge >= 0.3 is 6.03 Å². The standard InChI is InChI=1S/C24H36N4O4S/c29-23(13-8-18-6-11-22(12-7-18)33(31,32)27-21-9-10-21)28-16-14-20(15-17-28)26-24(30)25-19-4-2-1-3-5-19/h6-7,11-12,19-21,27H,1-5,8-10,13-17H2,(H2,25,26,30). The average Bonchev–Trinajstić information content (AvgIpc) is 3.62. The number of aryl methyl sites for hydroxylation is 1. The molecule has 1 aromatic rings. The highest BCUT2D eigenvalue weighted by molar-refractivity contribution is 7.89. The van der Waals surface area contributed by atoms with Crippen molar-refractivity contribution in [3.63, 3.8) is 0 Å². The number of nitrogens with one attached hydrogen (secondary N) is 3. The third-order valence-corrected chi connectivity index (χ3v) is 8.42. The molecule has 2 aliphatic carbocycles. The molecular formula is C24H36N4O4S. The third-order valence-electron chi connectivity index (χ3n) is 6.88. The Kier molecular flexibility index (Phi) is 7.90. The molecule has 2 saturated carbocycles. The van der Waals surface area contributed by atoms with Crippen molar-refractivity contribution in [2.45, 2.75) is 93.7 Å². The van der Waals surface area contributed by atoms with Gasteiger partial charge in [0, 0.05) is 37.6 Å². The molecule has 0 aromatic heterocycles. The molecule has 0 unspecified atom stereocenters. The van der Waals surface area contributed by atoms with Gasteiger partial charge in [-0.2, -0.15) is 0 Å². The predicted octanol–water partition coefficient (Wildman–Crippen LogP) is 2.68. The van der Waals surface area contributed by atoms with Gasteiger partial charge in [-0.05, 0) is 62.6 Å². The fourth-order valence-electron chi connectivity index (χ4n) is 4.67. The summed E-state index contributed by atoms with van der Waals surface area (Å²) in [6, 6.07) is 7.20. The first-order chi connectivity index (χ1) is 15.9. The highest BCUT2D eigenvalue weighted by atomic mass is 32.2. The van der Waals surface area contributed by atoms with Gasteiger partial charge in [-0.15, -0.1) is 0 Å². The largest absolute Gasteiger partial charge is 0.343 e. The monoisotopic (exact) mass is 476 g/mol. The molecule has 0 radical (unpaired) electrons. The number of hydrogen-bond donors (Lipinski definition) is 3. The van der Waals surface area contributed by atoms with Crippen molar-refractivity contribution in [2.75, 3.05) is 13.1 Å². The van der Waals surface area contributed by atoms with Gasteiger partial charge in [0.25, 0.3) is 0 Å². The van der Waals surface area contributed by atoms with Crippen molar-refractivity contribution in [1.29, 1.82) is 0 Å². The van der Waals surface area contributed by atoms with Crippen molar-refractivity contribution < 1.29 is 18.0 Å². The van der Waals surface area contributed by atoms with Crippen LogP contribution in [0.25, 0.3) is 0 Å². The Hall–Kier alpha value is -2.13. The zero-order valence-electron chi connectivity index (χ0n) is 19.2. The van der Waals surface area contributed by atoms with E-state index < -0.39 is 10.0 Å². The van der Waals surface area contributed by atoms with E-state index in [4.69, 9.17) is 0 Å². The Labute approximate surface area is 196 Å². The fourth-order valence-corrected chi connectivity index (χ4v) is 5.97. The summed E-state index contributed by atoms with van der Waals surface area (Å²) in [4.78, 5) is 27.0. The molecule has 8 nitrogen and oxygen atoms in total. The predicted molar refractivity (Wildman–Crippen MR) is 126 cm³/mol. The zero-order valence-corrected chi connectivity index (χ0v) is 20.0. The van der Waals surface area contributed by atoms with E-state index >= 15 is 0 Å². The van der Waals surface area contributed by atoms with Crippen molar-refractivity contribution in [1.82, 2.24) is 20.3 Å². The number of sulfonamides is 1. The maximum Gasteiger partial charge on any atom is 0.315 e. The number of hydrogen-bond acceptors (Lipinski definition) is 4. The molecule has 0 bridgehead atoms. The molecule has 182 valence electrons. The lowest BCUT2D eigenvalue weighted by molar-refractivity contribution is -0.132. The number of benzene rings is 1. The van der Waals surface area contributed by atoms with E-state index in [0.29, 0.717) is 32.0 Å². The van der Waals surface area contributed by atoms with E-state index in [-0.39, 0.29) is 28.9 Å². The van der Waals surface area contributed by atoms with E-state index in [1.807, 2.05) is 4.90 Å². The summed E-state index contributed by atoms with van der Waals surface area (Å²) < 4.78 is 27.2. The molecule has 3 amide bonds. The Bertz CT molecular complexity index is 916. The Morgan fingerprint density at radius 2 is 1.42 bits per heavy atom. The maximum atomic E-state index is 12.6. The molecule has 9 heteroatoms. The van der Waals surface area contributed by atoms with Crippen molar-refractivity contribution in [3.8, 4) is 0 Å². The van der Waals surface area contributed by atoms with Gasteiger partial charge in [0.1, 0.15) is 0 Å². The molecule has 1 saturated heterocycles. The molecule has 4 rings (SSSR count).